The lowest BCUT2D eigenvalue weighted by Gasteiger charge is -2.64. The van der Waals surface area contributed by atoms with Crippen LogP contribution in [0.2, 0.25) is 0 Å². The number of ether oxygens (including phenoxy) is 22. The second-order valence-electron chi connectivity index (χ2n) is 34.8. The normalized spacial score (nSPS) is 30.2. The number of phenols is 3. The van der Waals surface area contributed by atoms with E-state index in [0.29, 0.717) is 345 Å². The maximum absolute atomic E-state index is 12.7. The number of aliphatic hydroxyl groups is 3. The van der Waals surface area contributed by atoms with Gasteiger partial charge >= 0.3 is 0 Å². The molecule has 0 radical (unpaired) electrons. The maximum atomic E-state index is 12.7. The SMILES string of the molecule is C=CCN1CC[C@]23c4c5ccc(O)c4OC2C(OCCOCCOCC(COCCOCCOCCOCCOCCOCCOCCOC2CC[C@@]4(O)C6Cc7ccc(O)c8c7[C@@]4(CCN6CC=C)[C@H]2O8)COCCOCCOCCOCCOCCOCCOCCO[C@H]2CC[C@@]4(O)C6Cc7ccc(O)c8c7[C@@]4(CCN6CC=C)C2O8)CC[C@@]3(O)C1C5. The molecule has 31 heteroatoms. The zero-order valence-corrected chi connectivity index (χ0v) is 72.6. The fraction of sp³-hybridized carbons (Fsp3) is 0.742. The van der Waals surface area contributed by atoms with E-state index in [4.69, 9.17) is 104 Å². The Kier molecular flexibility index (Phi) is 33.5. The Labute approximate surface area is 729 Å². The second kappa shape index (κ2) is 44.5. The number of hydrogen-bond donors (Lipinski definition) is 6. The smallest absolute Gasteiger partial charge is 0.165 e. The number of phenolic OH excluding ortho intramolecular Hbond substituents is 3. The van der Waals surface area contributed by atoms with Crippen LogP contribution < -0.4 is 14.2 Å². The Morgan fingerprint density at radius 2 is 0.532 bits per heavy atom. The molecule has 6 aliphatic carbocycles. The third kappa shape index (κ3) is 19.5. The molecule has 0 aromatic heterocycles. The first kappa shape index (κ1) is 93.4. The largest absolute Gasteiger partial charge is 0.504 e. The van der Waals surface area contributed by atoms with E-state index in [0.717, 1.165) is 53.0 Å². The van der Waals surface area contributed by atoms with Gasteiger partial charge in [0, 0.05) is 60.4 Å². The number of hydrogen-bond acceptors (Lipinski definition) is 31. The molecule has 31 nitrogen and oxygen atoms in total. The van der Waals surface area contributed by atoms with E-state index in [1.807, 2.05) is 36.4 Å². The number of piperidine rings is 3. The molecule has 692 valence electrons. The summed E-state index contributed by atoms with van der Waals surface area (Å²) >= 11 is 0. The van der Waals surface area contributed by atoms with Crippen LogP contribution in [0.5, 0.6) is 34.5 Å². The monoisotopic (exact) mass is 1740 g/mol. The number of likely N-dealkylation sites (tertiary alicyclic amines) is 3. The van der Waals surface area contributed by atoms with Crippen molar-refractivity contribution >= 4 is 0 Å². The summed E-state index contributed by atoms with van der Waals surface area (Å²) in [7, 11) is 0. The third-order valence-corrected chi connectivity index (χ3v) is 28.2. The zero-order valence-electron chi connectivity index (χ0n) is 72.6. The van der Waals surface area contributed by atoms with Gasteiger partial charge in [-0.3, -0.25) is 14.7 Å². The summed E-state index contributed by atoms with van der Waals surface area (Å²) in [5.41, 5.74) is 1.32. The highest BCUT2D eigenvalue weighted by Gasteiger charge is 2.76. The Morgan fingerprint density at radius 1 is 0.315 bits per heavy atom. The first-order valence-electron chi connectivity index (χ1n) is 45.7. The van der Waals surface area contributed by atoms with E-state index in [1.165, 1.54) is 0 Å². The Morgan fingerprint density at radius 3 is 0.758 bits per heavy atom. The summed E-state index contributed by atoms with van der Waals surface area (Å²) in [6.45, 7) is 30.6. The molecule has 6 bridgehead atoms. The summed E-state index contributed by atoms with van der Waals surface area (Å²) in [5.74, 6) is 1.77. The molecule has 16 atom stereocenters. The first-order valence-corrected chi connectivity index (χ1v) is 45.7. The minimum atomic E-state index is -1.02. The van der Waals surface area contributed by atoms with Gasteiger partial charge in [-0.2, -0.15) is 0 Å². The zero-order chi connectivity index (χ0) is 85.8. The van der Waals surface area contributed by atoms with Crippen LogP contribution in [-0.2, 0) is 126 Å². The molecule has 3 aromatic rings. The molecule has 6 aliphatic heterocycles. The van der Waals surface area contributed by atoms with Gasteiger partial charge in [0.2, 0.25) is 0 Å². The molecule has 3 saturated carbocycles. The minimum Gasteiger partial charge on any atom is -0.504 e. The van der Waals surface area contributed by atoms with Crippen molar-refractivity contribution in [3.63, 3.8) is 0 Å². The lowest BCUT2D eigenvalue weighted by Crippen LogP contribution is -2.77. The Bertz CT molecular complexity index is 3720. The van der Waals surface area contributed by atoms with Gasteiger partial charge in [0.25, 0.3) is 0 Å². The van der Waals surface area contributed by atoms with Crippen molar-refractivity contribution in [1.82, 2.24) is 14.7 Å². The molecule has 124 heavy (non-hydrogen) atoms. The highest BCUT2D eigenvalue weighted by atomic mass is 16.6. The molecule has 8 unspecified atom stereocenters. The van der Waals surface area contributed by atoms with Crippen molar-refractivity contribution in [2.45, 2.75) is 165 Å². The van der Waals surface area contributed by atoms with Gasteiger partial charge in [-0.25, -0.2) is 0 Å². The van der Waals surface area contributed by atoms with Crippen LogP contribution in [0.4, 0.5) is 0 Å². The summed E-state index contributed by atoms with van der Waals surface area (Å²) in [5, 5.41) is 70.7. The summed E-state index contributed by atoms with van der Waals surface area (Å²) in [6, 6.07) is 10.9. The van der Waals surface area contributed by atoms with E-state index in [1.54, 1.807) is 18.2 Å². The topological polar surface area (TPSA) is 334 Å². The van der Waals surface area contributed by atoms with Crippen LogP contribution >= 0.6 is 0 Å². The minimum absolute atomic E-state index is 0.0577. The maximum Gasteiger partial charge on any atom is 0.165 e. The van der Waals surface area contributed by atoms with Crippen molar-refractivity contribution in [3.8, 4) is 34.5 Å². The quantitative estimate of drug-likeness (QED) is 0.0310. The lowest BCUT2D eigenvalue weighted by atomic mass is 9.48. The Balaban J connectivity index is 0.386. The Hall–Kier alpha value is -5.32. The van der Waals surface area contributed by atoms with Crippen LogP contribution in [0.25, 0.3) is 0 Å². The first-order chi connectivity index (χ1) is 60.8. The molecule has 6 N–H and O–H groups in total. The average molecular weight is 1750 g/mol. The van der Waals surface area contributed by atoms with Gasteiger partial charge in [-0.05, 0) is 132 Å². The van der Waals surface area contributed by atoms with Crippen LogP contribution in [-0.4, -0.2) is 387 Å². The number of nitrogens with zero attached hydrogens (tertiary/aromatic N) is 3. The van der Waals surface area contributed by atoms with E-state index in [-0.39, 0.29) is 59.6 Å². The van der Waals surface area contributed by atoms with Gasteiger partial charge in [0.1, 0.15) is 18.3 Å². The summed E-state index contributed by atoms with van der Waals surface area (Å²) < 4.78 is 132. The molecule has 6 heterocycles. The van der Waals surface area contributed by atoms with Crippen molar-refractivity contribution in [2.24, 2.45) is 5.92 Å². The summed E-state index contributed by atoms with van der Waals surface area (Å²) in [4.78, 5) is 7.04. The van der Waals surface area contributed by atoms with Crippen LogP contribution in [0.15, 0.2) is 74.4 Å². The molecule has 0 amide bonds. The van der Waals surface area contributed by atoms with Crippen LogP contribution in [0.1, 0.15) is 91.2 Å². The molecule has 6 fully saturated rings. The number of rotatable bonds is 63. The molecule has 12 aliphatic rings. The van der Waals surface area contributed by atoms with Crippen molar-refractivity contribution < 1.29 is 135 Å². The molecule has 3 saturated heterocycles. The number of aromatic hydroxyl groups is 3. The second-order valence-corrected chi connectivity index (χ2v) is 34.8. The molecule has 15 rings (SSSR count). The number of benzene rings is 3. The van der Waals surface area contributed by atoms with Gasteiger partial charge in [0.15, 0.2) is 34.5 Å². The van der Waals surface area contributed by atoms with Crippen molar-refractivity contribution in [3.05, 3.63) is 108 Å². The van der Waals surface area contributed by atoms with E-state index < -0.39 is 51.4 Å². The molecule has 3 spiro atoms. The van der Waals surface area contributed by atoms with Crippen molar-refractivity contribution in [2.75, 3.05) is 271 Å². The van der Waals surface area contributed by atoms with Crippen LogP contribution in [0, 0.1) is 5.92 Å². The van der Waals surface area contributed by atoms with E-state index >= 15 is 0 Å². The van der Waals surface area contributed by atoms with E-state index in [2.05, 4.69) is 34.4 Å². The molecular weight excluding hydrogens is 1610 g/mol. The predicted octanol–water partition coefficient (Wildman–Crippen LogP) is 5.26. The van der Waals surface area contributed by atoms with Crippen LogP contribution in [0.3, 0.4) is 0 Å². The van der Waals surface area contributed by atoms with Gasteiger partial charge in [0.05, 0.1) is 283 Å². The highest BCUT2D eigenvalue weighted by Crippen LogP contribution is 2.69. The predicted molar refractivity (Wildman–Crippen MR) is 453 cm³/mol. The molecular formula is C93H137N3O28. The summed E-state index contributed by atoms with van der Waals surface area (Å²) in [6.07, 6.45) is 11.6. The fourth-order valence-electron chi connectivity index (χ4n) is 22.9. The lowest BCUT2D eigenvalue weighted by molar-refractivity contribution is -0.215. The third-order valence-electron chi connectivity index (χ3n) is 28.2. The standard InChI is InChI=1S/C93H137N3O28/c1-4-22-94-25-19-88-79-67-7-10-70(97)82(79)122-85(88)73(13-16-91(88,100)76(94)60-67)119-57-54-113-46-44-109-38-36-105-30-28-103-32-34-107-40-42-111-48-51-116-63-66(65-118-53-50-115-56-59-121-75-15-18-93(102)78-62-69-9-12-72(99)84-81(69)90(93,87(75)124-84)21-27-96(78)24-6-3)64-117-52-49-112-43-41-108-35-33-104-29-31-106-37-39-110-45-47-114-55-58-120-74-14-17-92(101)77-61-68-8-11-71(98)83-80(68)89(92,86(74)123-83)20-26-95(77)23-5-2/h4-12,66,73-78,85-87,97-102H,1-3,13-65H2/t66?,73-,74?,75?,76?,77?,78?,85?,86-,87?,88-,89-,90-,91+,92+,93+/m0/s1. The average Bonchev–Trinajstić information content (AvgIpc) is 1.46. The highest BCUT2D eigenvalue weighted by molar-refractivity contribution is 5.65. The van der Waals surface area contributed by atoms with Gasteiger partial charge < -0.3 is 135 Å². The van der Waals surface area contributed by atoms with E-state index in [9.17, 15) is 30.6 Å². The van der Waals surface area contributed by atoms with Gasteiger partial charge in [-0.1, -0.05) is 36.4 Å². The van der Waals surface area contributed by atoms with Gasteiger partial charge in [-0.15, -0.1) is 19.7 Å². The molecule has 3 aromatic carbocycles. The fourth-order valence-corrected chi connectivity index (χ4v) is 22.9. The van der Waals surface area contributed by atoms with Crippen molar-refractivity contribution in [1.29, 1.82) is 0 Å².